The van der Waals surface area contributed by atoms with E-state index in [0.717, 1.165) is 45.1 Å². The van der Waals surface area contributed by atoms with Gasteiger partial charge in [-0.15, -0.1) is 0 Å². The predicted octanol–water partition coefficient (Wildman–Crippen LogP) is 2.83. The molecule has 2 N–H and O–H groups in total. The highest BCUT2D eigenvalue weighted by Crippen LogP contribution is 2.33. The molecule has 114 valence electrons. The molecule has 2 aromatic rings. The number of nitrogens with two attached hydrogens (primary N) is 1. The van der Waals surface area contributed by atoms with Crippen LogP contribution in [0.4, 0.5) is 0 Å². The van der Waals surface area contributed by atoms with Gasteiger partial charge in [0.15, 0.2) is 5.78 Å². The maximum absolute atomic E-state index is 12.0. The lowest BCUT2D eigenvalue weighted by Crippen LogP contribution is -2.24. The lowest BCUT2D eigenvalue weighted by atomic mass is 9.92. The van der Waals surface area contributed by atoms with Gasteiger partial charge in [0.2, 0.25) is 0 Å². The summed E-state index contributed by atoms with van der Waals surface area (Å²) in [5.41, 5.74) is 12.0. The van der Waals surface area contributed by atoms with Gasteiger partial charge in [0.1, 0.15) is 6.54 Å². The van der Waals surface area contributed by atoms with Crippen molar-refractivity contribution in [2.45, 2.75) is 6.42 Å². The van der Waals surface area contributed by atoms with E-state index in [1.807, 2.05) is 36.5 Å². The summed E-state index contributed by atoms with van der Waals surface area (Å²) in [7, 11) is 0. The number of aliphatic imine (C=N–C) groups is 1. The average Bonchev–Trinajstić information content (AvgIpc) is 2.96. The molecule has 0 amide bonds. The van der Waals surface area contributed by atoms with Crippen LogP contribution in [0.5, 0.6) is 0 Å². The van der Waals surface area contributed by atoms with Crippen LogP contribution in [0.2, 0.25) is 0 Å². The number of carbonyl (C=O) groups is 1. The van der Waals surface area contributed by atoms with Crippen LogP contribution in [-0.2, 0) is 6.42 Å². The summed E-state index contributed by atoms with van der Waals surface area (Å²) in [6.07, 6.45) is 4.58. The van der Waals surface area contributed by atoms with Gasteiger partial charge in [0.25, 0.3) is 0 Å². The van der Waals surface area contributed by atoms with Crippen molar-refractivity contribution in [1.29, 1.82) is 0 Å². The van der Waals surface area contributed by atoms with E-state index in [-0.39, 0.29) is 12.3 Å². The van der Waals surface area contributed by atoms with E-state index in [1.54, 1.807) is 0 Å². The van der Waals surface area contributed by atoms with Gasteiger partial charge >= 0.3 is 0 Å². The number of aromatic nitrogens is 1. The molecule has 0 atom stereocenters. The summed E-state index contributed by atoms with van der Waals surface area (Å²) in [6.45, 7) is 0.500. The first-order valence-electron chi connectivity index (χ1n) is 7.43. The Balaban J connectivity index is 1.83. The van der Waals surface area contributed by atoms with E-state index in [0.29, 0.717) is 12.1 Å². The van der Waals surface area contributed by atoms with Crippen LogP contribution in [0, 0.1) is 0 Å². The number of hydrogen-bond donors (Lipinski definition) is 1. The van der Waals surface area contributed by atoms with Crippen molar-refractivity contribution < 1.29 is 4.79 Å². The topological polar surface area (TPSA) is 68.3 Å². The fourth-order valence-corrected chi connectivity index (χ4v) is 3.28. The van der Waals surface area contributed by atoms with Crippen molar-refractivity contribution >= 4 is 28.1 Å². The second-order valence-electron chi connectivity index (χ2n) is 5.63. The van der Waals surface area contributed by atoms with Crippen LogP contribution >= 0.6 is 11.6 Å². The molecule has 4 nitrogen and oxygen atoms in total. The molecule has 0 saturated carbocycles. The van der Waals surface area contributed by atoms with Gasteiger partial charge in [0.05, 0.1) is 11.4 Å². The molecular formula is C18H14ClN3O. The molecule has 0 fully saturated rings. The molecule has 2 aliphatic rings. The van der Waals surface area contributed by atoms with Gasteiger partial charge in [-0.1, -0.05) is 29.8 Å². The molecule has 0 spiro atoms. The van der Waals surface area contributed by atoms with Gasteiger partial charge in [-0.05, 0) is 17.7 Å². The number of halogens is 1. The number of pyridine rings is 1. The minimum absolute atomic E-state index is 0.0295. The van der Waals surface area contributed by atoms with E-state index in [9.17, 15) is 4.79 Å². The number of rotatable bonds is 2. The molecular weight excluding hydrogens is 310 g/mol. The van der Waals surface area contributed by atoms with Gasteiger partial charge < -0.3 is 5.73 Å². The standard InChI is InChI=1S/C18H14ClN3O/c19-15-3-4-16-14(15)6-11(8-21-16)10-1-2-12-13(5-10)17(7-20)22-9-18(12)23/h1-3,5-6,8H,4,7,9,20H2. The Morgan fingerprint density at radius 2 is 1.96 bits per heavy atom. The first-order valence-corrected chi connectivity index (χ1v) is 7.81. The normalized spacial score (nSPS) is 15.8. The minimum Gasteiger partial charge on any atom is -0.325 e. The molecule has 0 saturated heterocycles. The predicted molar refractivity (Wildman–Crippen MR) is 92.0 cm³/mol. The van der Waals surface area contributed by atoms with E-state index in [4.69, 9.17) is 17.3 Å². The Morgan fingerprint density at radius 1 is 1.13 bits per heavy atom. The zero-order valence-electron chi connectivity index (χ0n) is 12.3. The van der Waals surface area contributed by atoms with Gasteiger partial charge in [0, 0.05) is 46.4 Å². The Bertz CT molecular complexity index is 899. The highest BCUT2D eigenvalue weighted by Gasteiger charge is 2.21. The maximum atomic E-state index is 12.0. The van der Waals surface area contributed by atoms with Crippen LogP contribution in [0.25, 0.3) is 16.2 Å². The van der Waals surface area contributed by atoms with Crippen LogP contribution in [-0.4, -0.2) is 29.6 Å². The summed E-state index contributed by atoms with van der Waals surface area (Å²) >= 11 is 6.22. The largest absolute Gasteiger partial charge is 0.325 e. The average molecular weight is 324 g/mol. The fourth-order valence-electron chi connectivity index (χ4n) is 3.03. The molecule has 23 heavy (non-hydrogen) atoms. The van der Waals surface area contributed by atoms with Crippen LogP contribution in [0.3, 0.4) is 0 Å². The second-order valence-corrected chi connectivity index (χ2v) is 6.03. The summed E-state index contributed by atoms with van der Waals surface area (Å²) in [6, 6.07) is 7.79. The summed E-state index contributed by atoms with van der Waals surface area (Å²) in [4.78, 5) is 20.8. The number of nitrogens with zero attached hydrogens (tertiary/aromatic N) is 2. The molecule has 2 heterocycles. The molecule has 0 radical (unpaired) electrons. The Hall–Kier alpha value is -2.30. The smallest absolute Gasteiger partial charge is 0.184 e. The summed E-state index contributed by atoms with van der Waals surface area (Å²) in [5, 5.41) is 0.742. The van der Waals surface area contributed by atoms with Crippen LogP contribution in [0.15, 0.2) is 41.5 Å². The van der Waals surface area contributed by atoms with Gasteiger partial charge in [-0.3, -0.25) is 14.8 Å². The van der Waals surface area contributed by atoms with Crippen LogP contribution in [0.1, 0.15) is 27.2 Å². The number of allylic oxidation sites excluding steroid dienone is 1. The molecule has 1 aromatic carbocycles. The fraction of sp³-hybridized carbons (Fsp3) is 0.167. The van der Waals surface area contributed by atoms with Gasteiger partial charge in [-0.25, -0.2) is 0 Å². The van der Waals surface area contributed by atoms with Crippen molar-refractivity contribution in [2.75, 3.05) is 13.1 Å². The molecule has 1 aliphatic heterocycles. The molecule has 0 bridgehead atoms. The Labute approximate surface area is 138 Å². The summed E-state index contributed by atoms with van der Waals surface area (Å²) in [5.74, 6) is 0.0295. The van der Waals surface area contributed by atoms with E-state index in [1.165, 1.54) is 0 Å². The van der Waals surface area contributed by atoms with Crippen LogP contribution < -0.4 is 5.73 Å². The second kappa shape index (κ2) is 5.41. The van der Waals surface area contributed by atoms with E-state index < -0.39 is 0 Å². The zero-order valence-corrected chi connectivity index (χ0v) is 13.1. The highest BCUT2D eigenvalue weighted by molar-refractivity contribution is 6.49. The van der Waals surface area contributed by atoms with Crippen molar-refractivity contribution in [3.05, 3.63) is 58.9 Å². The maximum Gasteiger partial charge on any atom is 0.184 e. The SMILES string of the molecule is NCC1=NCC(=O)c2ccc(-c3cnc4c(c3)C(Cl)=CC4)cc21. The van der Waals surface area contributed by atoms with Crippen molar-refractivity contribution in [2.24, 2.45) is 10.7 Å². The van der Waals surface area contributed by atoms with E-state index in [2.05, 4.69) is 9.98 Å². The number of Topliss-reactive ketones (excluding diaryl/α,β-unsaturated/α-hetero) is 1. The van der Waals surface area contributed by atoms with E-state index >= 15 is 0 Å². The number of hydrogen-bond acceptors (Lipinski definition) is 4. The Morgan fingerprint density at radius 3 is 2.78 bits per heavy atom. The number of ketones is 1. The van der Waals surface area contributed by atoms with Crippen molar-refractivity contribution in [1.82, 2.24) is 4.98 Å². The third kappa shape index (κ3) is 2.31. The molecule has 1 aliphatic carbocycles. The molecule has 4 rings (SSSR count). The Kier molecular flexibility index (Phi) is 3.36. The molecule has 1 aromatic heterocycles. The minimum atomic E-state index is 0.0295. The quantitative estimate of drug-likeness (QED) is 0.924. The summed E-state index contributed by atoms with van der Waals surface area (Å²) < 4.78 is 0. The van der Waals surface area contributed by atoms with Crippen molar-refractivity contribution in [3.8, 4) is 11.1 Å². The molecule has 0 unspecified atom stereocenters. The third-order valence-electron chi connectivity index (χ3n) is 4.27. The van der Waals surface area contributed by atoms with Gasteiger partial charge in [-0.2, -0.15) is 0 Å². The van der Waals surface area contributed by atoms with Crippen molar-refractivity contribution in [3.63, 3.8) is 0 Å². The molecule has 5 heteroatoms. The monoisotopic (exact) mass is 323 g/mol. The third-order valence-corrected chi connectivity index (χ3v) is 4.63. The first-order chi connectivity index (χ1) is 11.2. The number of carbonyl (C=O) groups excluding carboxylic acids is 1. The number of fused-ring (bicyclic) bond motifs is 2. The number of benzene rings is 1. The lowest BCUT2D eigenvalue weighted by molar-refractivity contribution is 0.1000. The lowest BCUT2D eigenvalue weighted by Gasteiger charge is -2.16. The zero-order chi connectivity index (χ0) is 16.0. The highest BCUT2D eigenvalue weighted by atomic mass is 35.5. The first kappa shape index (κ1) is 14.3.